The van der Waals surface area contributed by atoms with Gasteiger partial charge in [-0.25, -0.2) is 0 Å². The van der Waals surface area contributed by atoms with E-state index < -0.39 is 0 Å². The number of rotatable bonds is 4. The van der Waals surface area contributed by atoms with Gasteiger partial charge < -0.3 is 0 Å². The van der Waals surface area contributed by atoms with Gasteiger partial charge in [0.1, 0.15) is 0 Å². The summed E-state index contributed by atoms with van der Waals surface area (Å²) < 4.78 is 0. The standard InChI is InChI=1S/2C8H8.C6H10/c2*1-2-8-6-4-3-5-7-8;1-4-6(3)5-2/h2*2-7H,1H2;4H,1,3,5H2,2H3. The van der Waals surface area contributed by atoms with Crippen LogP contribution in [0.4, 0.5) is 0 Å². The van der Waals surface area contributed by atoms with Crippen molar-refractivity contribution in [2.45, 2.75) is 13.3 Å². The quantitative estimate of drug-likeness (QED) is 0.543. The number of hydrogen-bond acceptors (Lipinski definition) is 0. The van der Waals surface area contributed by atoms with Gasteiger partial charge in [0.2, 0.25) is 0 Å². The third-order valence-corrected chi connectivity index (χ3v) is 2.81. The summed E-state index contributed by atoms with van der Waals surface area (Å²) >= 11 is 0. The third-order valence-electron chi connectivity index (χ3n) is 2.81. The molecule has 0 saturated carbocycles. The van der Waals surface area contributed by atoms with Crippen molar-refractivity contribution in [1.29, 1.82) is 0 Å². The molecule has 22 heavy (non-hydrogen) atoms. The van der Waals surface area contributed by atoms with Gasteiger partial charge >= 0.3 is 0 Å². The molecule has 0 bridgehead atoms. The van der Waals surface area contributed by atoms with Gasteiger partial charge in [0.25, 0.3) is 0 Å². The summed E-state index contributed by atoms with van der Waals surface area (Å²) in [7, 11) is 0. The highest BCUT2D eigenvalue weighted by molar-refractivity contribution is 5.46. The van der Waals surface area contributed by atoms with Crippen LogP contribution in [0.25, 0.3) is 12.2 Å². The Kier molecular flexibility index (Phi) is 11.8. The van der Waals surface area contributed by atoms with Crippen LogP contribution in [0.3, 0.4) is 0 Å². The van der Waals surface area contributed by atoms with Crippen LogP contribution in [0.2, 0.25) is 0 Å². The molecule has 2 aromatic carbocycles. The van der Waals surface area contributed by atoms with Crippen LogP contribution in [-0.4, -0.2) is 0 Å². The maximum absolute atomic E-state index is 3.67. The van der Waals surface area contributed by atoms with E-state index in [1.54, 1.807) is 6.08 Å². The van der Waals surface area contributed by atoms with Crippen molar-refractivity contribution in [2.24, 2.45) is 0 Å². The summed E-state index contributed by atoms with van der Waals surface area (Å²) in [6, 6.07) is 20.1. The molecule has 0 saturated heterocycles. The van der Waals surface area contributed by atoms with E-state index in [1.165, 1.54) is 11.1 Å². The second kappa shape index (κ2) is 13.4. The molecule has 0 heterocycles. The molecule has 2 aromatic rings. The van der Waals surface area contributed by atoms with Crippen LogP contribution < -0.4 is 0 Å². The fourth-order valence-corrected chi connectivity index (χ4v) is 1.32. The predicted molar refractivity (Wildman–Crippen MR) is 103 cm³/mol. The van der Waals surface area contributed by atoms with E-state index in [2.05, 4.69) is 33.2 Å². The average Bonchev–Trinajstić information content (AvgIpc) is 2.63. The largest absolute Gasteiger partial charge is 0.0988 e. The second-order valence-corrected chi connectivity index (χ2v) is 4.45. The molecule has 0 spiro atoms. The van der Waals surface area contributed by atoms with E-state index in [-0.39, 0.29) is 0 Å². The number of benzene rings is 2. The minimum Gasteiger partial charge on any atom is -0.0988 e. The normalized spacial score (nSPS) is 8.23. The lowest BCUT2D eigenvalue weighted by atomic mass is 10.2. The van der Waals surface area contributed by atoms with Gasteiger partial charge in [0, 0.05) is 0 Å². The number of hydrogen-bond donors (Lipinski definition) is 0. The lowest BCUT2D eigenvalue weighted by molar-refractivity contribution is 1.16. The Hall–Kier alpha value is -2.60. The summed E-state index contributed by atoms with van der Waals surface area (Å²) in [5, 5.41) is 0. The topological polar surface area (TPSA) is 0 Å². The zero-order valence-electron chi connectivity index (χ0n) is 13.5. The van der Waals surface area contributed by atoms with Crippen LogP contribution in [0, 0.1) is 0 Å². The van der Waals surface area contributed by atoms with E-state index in [9.17, 15) is 0 Å². The van der Waals surface area contributed by atoms with Crippen LogP contribution in [-0.2, 0) is 0 Å². The summed E-state index contributed by atoms with van der Waals surface area (Å²) in [5.41, 5.74) is 3.45. The second-order valence-electron chi connectivity index (χ2n) is 4.45. The first-order valence-corrected chi connectivity index (χ1v) is 7.33. The first-order valence-electron chi connectivity index (χ1n) is 7.33. The van der Waals surface area contributed by atoms with E-state index in [0.717, 1.165) is 12.0 Å². The Morgan fingerprint density at radius 2 is 1.14 bits per heavy atom. The van der Waals surface area contributed by atoms with E-state index >= 15 is 0 Å². The third kappa shape index (κ3) is 10.2. The molecule has 0 aromatic heterocycles. The van der Waals surface area contributed by atoms with Crippen molar-refractivity contribution in [3.05, 3.63) is 110 Å². The van der Waals surface area contributed by atoms with Gasteiger partial charge in [0.15, 0.2) is 0 Å². The van der Waals surface area contributed by atoms with E-state index in [1.807, 2.05) is 72.8 Å². The zero-order valence-corrected chi connectivity index (χ0v) is 13.5. The highest BCUT2D eigenvalue weighted by Gasteiger charge is 1.76. The molecule has 0 unspecified atom stereocenters. The van der Waals surface area contributed by atoms with Crippen LogP contribution >= 0.6 is 0 Å². The molecule has 0 nitrogen and oxygen atoms in total. The molecule has 0 N–H and O–H groups in total. The monoisotopic (exact) mass is 290 g/mol. The Bertz CT molecular complexity index is 504. The van der Waals surface area contributed by atoms with Gasteiger partial charge in [0.05, 0.1) is 0 Å². The molecular formula is C22H26. The van der Waals surface area contributed by atoms with Crippen LogP contribution in [0.5, 0.6) is 0 Å². The van der Waals surface area contributed by atoms with E-state index in [4.69, 9.17) is 0 Å². The van der Waals surface area contributed by atoms with Crippen molar-refractivity contribution in [1.82, 2.24) is 0 Å². The molecule has 0 fully saturated rings. The molecule has 0 aliphatic heterocycles. The minimum atomic E-state index is 1.02. The number of allylic oxidation sites excluding steroid dienone is 2. The first kappa shape index (κ1) is 19.4. The average molecular weight is 290 g/mol. The van der Waals surface area contributed by atoms with Crippen molar-refractivity contribution < 1.29 is 0 Å². The maximum Gasteiger partial charge on any atom is -0.0263 e. The molecule has 2 rings (SSSR count). The van der Waals surface area contributed by atoms with Crippen molar-refractivity contribution in [3.8, 4) is 0 Å². The Morgan fingerprint density at radius 3 is 1.27 bits per heavy atom. The molecular weight excluding hydrogens is 264 g/mol. The van der Waals surface area contributed by atoms with Crippen LogP contribution in [0.1, 0.15) is 24.5 Å². The maximum atomic E-state index is 3.67. The molecule has 0 aliphatic rings. The van der Waals surface area contributed by atoms with Gasteiger partial charge in [-0.05, 0) is 17.5 Å². The lowest BCUT2D eigenvalue weighted by Gasteiger charge is -1.85. The molecule has 0 aliphatic carbocycles. The summed E-state index contributed by atoms with van der Waals surface area (Å²) in [5.74, 6) is 0. The minimum absolute atomic E-state index is 1.02. The molecule has 0 heteroatoms. The Morgan fingerprint density at radius 1 is 0.773 bits per heavy atom. The smallest absolute Gasteiger partial charge is 0.0263 e. The summed E-state index contributed by atoms with van der Waals surface area (Å²) in [6.07, 6.45) is 6.46. The van der Waals surface area contributed by atoms with Gasteiger partial charge in [-0.3, -0.25) is 0 Å². The fraction of sp³-hybridized carbons (Fsp3) is 0.0909. The molecule has 114 valence electrons. The van der Waals surface area contributed by atoms with Gasteiger partial charge in [-0.1, -0.05) is 118 Å². The van der Waals surface area contributed by atoms with Crippen LogP contribution in [0.15, 0.2) is 98.6 Å². The van der Waals surface area contributed by atoms with E-state index in [0.29, 0.717) is 0 Å². The summed E-state index contributed by atoms with van der Waals surface area (Å²) in [6.45, 7) is 16.5. The lowest BCUT2D eigenvalue weighted by Crippen LogP contribution is -1.63. The van der Waals surface area contributed by atoms with Crippen molar-refractivity contribution in [2.75, 3.05) is 0 Å². The summed E-state index contributed by atoms with van der Waals surface area (Å²) in [4.78, 5) is 0. The molecule has 0 atom stereocenters. The SMILES string of the molecule is C=CC(=C)CC.C=Cc1ccccc1.C=Cc1ccccc1. The highest BCUT2D eigenvalue weighted by atomic mass is 13.8. The molecule has 0 amide bonds. The zero-order chi connectivity index (χ0) is 16.6. The Balaban J connectivity index is 0.000000306. The predicted octanol–water partition coefficient (Wildman–Crippen LogP) is 6.80. The Labute approximate surface area is 135 Å². The van der Waals surface area contributed by atoms with Gasteiger partial charge in [-0.15, -0.1) is 0 Å². The van der Waals surface area contributed by atoms with Crippen molar-refractivity contribution in [3.63, 3.8) is 0 Å². The van der Waals surface area contributed by atoms with Gasteiger partial charge in [-0.2, -0.15) is 0 Å². The fourth-order valence-electron chi connectivity index (χ4n) is 1.32. The first-order chi connectivity index (χ1) is 10.7. The molecule has 0 radical (unpaired) electrons. The highest BCUT2D eigenvalue weighted by Crippen LogP contribution is 1.98. The van der Waals surface area contributed by atoms with Crippen molar-refractivity contribution >= 4 is 12.2 Å².